The topological polar surface area (TPSA) is 51.6 Å². The number of benzene rings is 6. The van der Waals surface area contributed by atoms with Crippen molar-refractivity contribution in [1.29, 1.82) is 0 Å². The van der Waals surface area contributed by atoms with E-state index in [1.807, 2.05) is 6.20 Å². The molecule has 0 spiro atoms. The molecule has 0 N–H and O–H groups in total. The molecule has 0 bridgehead atoms. The Morgan fingerprint density at radius 3 is 1.28 bits per heavy atom. The molecule has 8 rings (SSSR count). The summed E-state index contributed by atoms with van der Waals surface area (Å²) in [7, 11) is 0. The number of hydrogen-bond donors (Lipinski definition) is 0. The minimum atomic E-state index is 0. The number of nitrogens with zero attached hydrogens (tertiary/aromatic N) is 4. The third-order valence-electron chi connectivity index (χ3n) is 11.2. The maximum absolute atomic E-state index is 5.04. The summed E-state index contributed by atoms with van der Waals surface area (Å²) in [6, 6.07) is 51.5. The van der Waals surface area contributed by atoms with E-state index in [1.54, 1.807) is 0 Å². The molecule has 5 heteroatoms. The minimum absolute atomic E-state index is 0. The minimum Gasteiger partial charge on any atom is -0.304 e. The molecule has 0 saturated carbocycles. The standard InChI is InChI=1S/C56H53N4.Ir/c1-35-27-36(2)30-43(29-35)47-13-11-12-14-48(47)49-25-19-41(33-50(49)44-31-37(3)28-38(4)32-44)51-26-20-42(34-57-51)54-59-52(39-15-21-45(22-16-39)55(5,6)7)58-53(60-54)40-17-23-46(24-18-40)56(8,9)10;/h11-18,20-34H,1-10H3;/q-1;. The van der Waals surface area contributed by atoms with Crippen molar-refractivity contribution in [2.75, 3.05) is 0 Å². The first kappa shape index (κ1) is 43.2. The van der Waals surface area contributed by atoms with Gasteiger partial charge in [0.1, 0.15) is 0 Å². The fourth-order valence-electron chi connectivity index (χ4n) is 8.02. The summed E-state index contributed by atoms with van der Waals surface area (Å²) in [5.74, 6) is 1.83. The summed E-state index contributed by atoms with van der Waals surface area (Å²) in [5.41, 5.74) is 19.0. The predicted octanol–water partition coefficient (Wildman–Crippen LogP) is 14.6. The van der Waals surface area contributed by atoms with Gasteiger partial charge in [0.05, 0.1) is 0 Å². The Hall–Kier alpha value is -5.87. The molecule has 0 fully saturated rings. The summed E-state index contributed by atoms with van der Waals surface area (Å²) < 4.78 is 0. The Labute approximate surface area is 376 Å². The Morgan fingerprint density at radius 1 is 0.410 bits per heavy atom. The van der Waals surface area contributed by atoms with Crippen LogP contribution < -0.4 is 0 Å². The van der Waals surface area contributed by atoms with Crippen LogP contribution in [0, 0.1) is 33.8 Å². The van der Waals surface area contributed by atoms with Crippen molar-refractivity contribution in [3.8, 4) is 78.8 Å². The molecule has 0 aliphatic heterocycles. The van der Waals surface area contributed by atoms with Crippen LogP contribution in [-0.4, -0.2) is 19.9 Å². The molecule has 1 radical (unpaired) electrons. The SMILES string of the molecule is Cc1cc(C)cc(-c2cc(-c3ccc(-c4nc(-c5ccc(C(C)(C)C)cc5)nc(-c5ccc(C(C)(C)C)cc5)n4)cn3)[c-]cc2-c2ccccc2-c2cc(C)cc(C)c2)c1.[Ir]. The van der Waals surface area contributed by atoms with E-state index in [1.165, 1.54) is 55.6 Å². The molecule has 0 atom stereocenters. The molecule has 6 aromatic carbocycles. The van der Waals surface area contributed by atoms with Gasteiger partial charge in [0.2, 0.25) is 0 Å². The largest absolute Gasteiger partial charge is 0.304 e. The second kappa shape index (κ2) is 17.2. The number of aryl methyl sites for hydroxylation is 4. The molecule has 4 nitrogen and oxygen atoms in total. The van der Waals surface area contributed by atoms with Crippen LogP contribution in [0.15, 0.2) is 140 Å². The first-order valence-corrected chi connectivity index (χ1v) is 20.9. The summed E-state index contributed by atoms with van der Waals surface area (Å²) in [6.45, 7) is 22.0. The molecule has 0 saturated heterocycles. The van der Waals surface area contributed by atoms with Crippen molar-refractivity contribution in [3.05, 3.63) is 179 Å². The molecule has 0 aliphatic carbocycles. The zero-order chi connectivity index (χ0) is 42.3. The van der Waals surface area contributed by atoms with Crippen LogP contribution in [-0.2, 0) is 30.9 Å². The smallest absolute Gasteiger partial charge is 0.165 e. The van der Waals surface area contributed by atoms with Crippen molar-refractivity contribution in [2.45, 2.75) is 80.1 Å². The molecule has 61 heavy (non-hydrogen) atoms. The predicted molar refractivity (Wildman–Crippen MR) is 251 cm³/mol. The van der Waals surface area contributed by atoms with E-state index < -0.39 is 0 Å². The van der Waals surface area contributed by atoms with Crippen LogP contribution in [0.5, 0.6) is 0 Å². The van der Waals surface area contributed by atoms with Gasteiger partial charge in [0.15, 0.2) is 17.5 Å². The average Bonchev–Trinajstić information content (AvgIpc) is 3.22. The van der Waals surface area contributed by atoms with E-state index in [0.717, 1.165) is 39.1 Å². The van der Waals surface area contributed by atoms with Crippen molar-refractivity contribution in [3.63, 3.8) is 0 Å². The molecule has 8 aromatic rings. The van der Waals surface area contributed by atoms with Gasteiger partial charge in [-0.1, -0.05) is 202 Å². The Balaban J connectivity index is 0.00000561. The number of pyridine rings is 1. The molecule has 0 unspecified atom stereocenters. The van der Waals surface area contributed by atoms with E-state index in [2.05, 4.69) is 209 Å². The van der Waals surface area contributed by atoms with Crippen molar-refractivity contribution < 1.29 is 20.1 Å². The van der Waals surface area contributed by atoms with Crippen LogP contribution in [0.2, 0.25) is 0 Å². The van der Waals surface area contributed by atoms with Gasteiger partial charge < -0.3 is 4.98 Å². The Bertz CT molecular complexity index is 2730. The van der Waals surface area contributed by atoms with Crippen LogP contribution in [0.25, 0.3) is 78.8 Å². The summed E-state index contributed by atoms with van der Waals surface area (Å²) in [4.78, 5) is 20.1. The van der Waals surface area contributed by atoms with Crippen molar-refractivity contribution in [2.24, 2.45) is 0 Å². The van der Waals surface area contributed by atoms with E-state index in [0.29, 0.717) is 17.5 Å². The van der Waals surface area contributed by atoms with E-state index >= 15 is 0 Å². The van der Waals surface area contributed by atoms with Crippen molar-refractivity contribution >= 4 is 0 Å². The van der Waals surface area contributed by atoms with Gasteiger partial charge in [-0.05, 0) is 72.0 Å². The number of rotatable bonds is 7. The monoisotopic (exact) mass is 974 g/mol. The van der Waals surface area contributed by atoms with Crippen molar-refractivity contribution in [1.82, 2.24) is 19.9 Å². The van der Waals surface area contributed by atoms with E-state index in [4.69, 9.17) is 19.9 Å². The van der Waals surface area contributed by atoms with Gasteiger partial charge in [0.25, 0.3) is 0 Å². The number of aromatic nitrogens is 4. The van der Waals surface area contributed by atoms with Gasteiger partial charge in [-0.3, -0.25) is 0 Å². The van der Waals surface area contributed by atoms with E-state index in [9.17, 15) is 0 Å². The first-order valence-electron chi connectivity index (χ1n) is 20.9. The molecule has 2 heterocycles. The summed E-state index contributed by atoms with van der Waals surface area (Å²) in [5, 5.41) is 0. The summed E-state index contributed by atoms with van der Waals surface area (Å²) in [6.07, 6.45) is 1.87. The van der Waals surface area contributed by atoms with Gasteiger partial charge in [-0.25, -0.2) is 15.0 Å². The van der Waals surface area contributed by atoms with Gasteiger partial charge in [0, 0.05) is 43.0 Å². The normalized spacial score (nSPS) is 11.6. The fourth-order valence-corrected chi connectivity index (χ4v) is 8.02. The molecule has 0 amide bonds. The number of hydrogen-bond acceptors (Lipinski definition) is 4. The maximum atomic E-state index is 5.04. The Morgan fingerprint density at radius 2 is 0.836 bits per heavy atom. The van der Waals surface area contributed by atoms with Crippen LogP contribution in [0.1, 0.15) is 74.9 Å². The van der Waals surface area contributed by atoms with Gasteiger partial charge in [-0.2, -0.15) is 0 Å². The first-order chi connectivity index (χ1) is 28.6. The average molecular weight is 974 g/mol. The van der Waals surface area contributed by atoms with Crippen LogP contribution >= 0.6 is 0 Å². The van der Waals surface area contributed by atoms with E-state index in [-0.39, 0.29) is 30.9 Å². The molecular formula is C56H53IrN4-. The second-order valence-corrected chi connectivity index (χ2v) is 18.4. The quantitative estimate of drug-likeness (QED) is 0.149. The zero-order valence-corrected chi connectivity index (χ0v) is 39.3. The third-order valence-corrected chi connectivity index (χ3v) is 11.2. The molecule has 2 aromatic heterocycles. The zero-order valence-electron chi connectivity index (χ0n) is 36.9. The summed E-state index contributed by atoms with van der Waals surface area (Å²) >= 11 is 0. The third kappa shape index (κ3) is 9.55. The maximum Gasteiger partial charge on any atom is 0.165 e. The molecule has 0 aliphatic rings. The van der Waals surface area contributed by atoms with Crippen LogP contribution in [0.4, 0.5) is 0 Å². The molecule has 307 valence electrons. The second-order valence-electron chi connectivity index (χ2n) is 18.4. The van der Waals surface area contributed by atoms with Crippen LogP contribution in [0.3, 0.4) is 0 Å². The van der Waals surface area contributed by atoms with Gasteiger partial charge in [-0.15, -0.1) is 23.8 Å². The fraction of sp³-hybridized carbons (Fsp3) is 0.214. The Kier molecular flexibility index (Phi) is 12.2. The molecular weight excluding hydrogens is 921 g/mol. The van der Waals surface area contributed by atoms with Gasteiger partial charge >= 0.3 is 0 Å².